The van der Waals surface area contributed by atoms with Crippen molar-refractivity contribution in [1.82, 2.24) is 10.3 Å². The molecule has 1 heterocycles. The van der Waals surface area contributed by atoms with Crippen molar-refractivity contribution in [3.05, 3.63) is 59.4 Å². The highest BCUT2D eigenvalue weighted by Gasteiger charge is 2.18. The van der Waals surface area contributed by atoms with Crippen LogP contribution in [0.4, 0.5) is 5.69 Å². The lowest BCUT2D eigenvalue weighted by molar-refractivity contribution is 0.0600. The number of amides is 2. The highest BCUT2D eigenvalue weighted by molar-refractivity contribution is 6.06. The average Bonchev–Trinajstić information content (AvgIpc) is 2.74. The molecule has 0 spiro atoms. The molecule has 7 nitrogen and oxygen atoms in total. The van der Waals surface area contributed by atoms with Gasteiger partial charge in [0.25, 0.3) is 11.8 Å². The summed E-state index contributed by atoms with van der Waals surface area (Å²) in [6, 6.07) is 8.06. The fraction of sp³-hybridized carbons (Fsp3) is 0.333. The van der Waals surface area contributed by atoms with Crippen LogP contribution < -0.4 is 10.6 Å². The molecule has 1 aromatic heterocycles. The molecule has 28 heavy (non-hydrogen) atoms. The van der Waals surface area contributed by atoms with Crippen molar-refractivity contribution in [2.24, 2.45) is 0 Å². The Hall–Kier alpha value is -3.22. The second-order valence-corrected chi connectivity index (χ2v) is 6.79. The van der Waals surface area contributed by atoms with Crippen LogP contribution in [0.15, 0.2) is 42.7 Å². The molecular formula is C21H23N3O4. The Bertz CT molecular complexity index is 858. The Morgan fingerprint density at radius 2 is 1.57 bits per heavy atom. The summed E-state index contributed by atoms with van der Waals surface area (Å²) >= 11 is 0. The predicted octanol–water partition coefficient (Wildman–Crippen LogP) is 3.18. The first-order valence-corrected chi connectivity index (χ1v) is 9.32. The van der Waals surface area contributed by atoms with Gasteiger partial charge in [-0.1, -0.05) is 19.3 Å². The van der Waals surface area contributed by atoms with Crippen LogP contribution >= 0.6 is 0 Å². The summed E-state index contributed by atoms with van der Waals surface area (Å²) in [5.74, 6) is -1.04. The third kappa shape index (κ3) is 4.94. The quantitative estimate of drug-likeness (QED) is 0.775. The van der Waals surface area contributed by atoms with Gasteiger partial charge in [0.15, 0.2) is 0 Å². The van der Waals surface area contributed by atoms with E-state index < -0.39 is 5.97 Å². The SMILES string of the molecule is COC(=O)c1ccc(NC(=O)c2cncc(C(=O)NC3CCCCC3)c2)cc1. The first kappa shape index (κ1) is 19.5. The molecule has 2 aromatic rings. The zero-order chi connectivity index (χ0) is 19.9. The van der Waals surface area contributed by atoms with Gasteiger partial charge in [-0.2, -0.15) is 0 Å². The second kappa shape index (κ2) is 9.12. The molecule has 3 rings (SSSR count). The Labute approximate surface area is 163 Å². The minimum absolute atomic E-state index is 0.187. The molecule has 1 aromatic carbocycles. The zero-order valence-electron chi connectivity index (χ0n) is 15.7. The molecule has 0 bridgehead atoms. The summed E-state index contributed by atoms with van der Waals surface area (Å²) in [7, 11) is 1.31. The van der Waals surface area contributed by atoms with E-state index >= 15 is 0 Å². The fourth-order valence-electron chi connectivity index (χ4n) is 3.21. The molecule has 0 aliphatic heterocycles. The van der Waals surface area contributed by atoms with Crippen molar-refractivity contribution in [2.75, 3.05) is 12.4 Å². The number of rotatable bonds is 5. The number of pyridine rings is 1. The second-order valence-electron chi connectivity index (χ2n) is 6.79. The van der Waals surface area contributed by atoms with Crippen LogP contribution in [0.1, 0.15) is 63.2 Å². The van der Waals surface area contributed by atoms with Crippen molar-refractivity contribution >= 4 is 23.5 Å². The van der Waals surface area contributed by atoms with E-state index in [0.29, 0.717) is 16.8 Å². The number of methoxy groups -OCH3 is 1. The van der Waals surface area contributed by atoms with Gasteiger partial charge in [-0.25, -0.2) is 4.79 Å². The topological polar surface area (TPSA) is 97.4 Å². The number of carbonyl (C=O) groups is 3. The lowest BCUT2D eigenvalue weighted by Crippen LogP contribution is -2.36. The average molecular weight is 381 g/mol. The lowest BCUT2D eigenvalue weighted by atomic mass is 9.95. The number of hydrogen-bond donors (Lipinski definition) is 2. The van der Waals surface area contributed by atoms with Crippen molar-refractivity contribution in [2.45, 2.75) is 38.1 Å². The summed E-state index contributed by atoms with van der Waals surface area (Å²) < 4.78 is 4.64. The van der Waals surface area contributed by atoms with E-state index in [1.54, 1.807) is 24.3 Å². The van der Waals surface area contributed by atoms with Crippen LogP contribution in [0.5, 0.6) is 0 Å². The standard InChI is InChI=1S/C21H23N3O4/c1-28-21(27)14-7-9-18(10-8-14)24-20(26)16-11-15(12-22-13-16)19(25)23-17-5-3-2-4-6-17/h7-13,17H,2-6H2,1H3,(H,23,25)(H,24,26). The number of aromatic nitrogens is 1. The van der Waals surface area contributed by atoms with Crippen LogP contribution in [0.25, 0.3) is 0 Å². The first-order chi connectivity index (χ1) is 13.6. The number of ether oxygens (including phenoxy) is 1. The van der Waals surface area contributed by atoms with Gasteiger partial charge in [0, 0.05) is 24.1 Å². The van der Waals surface area contributed by atoms with E-state index in [1.165, 1.54) is 32.0 Å². The van der Waals surface area contributed by atoms with E-state index in [4.69, 9.17) is 0 Å². The Morgan fingerprint density at radius 1 is 0.929 bits per heavy atom. The van der Waals surface area contributed by atoms with E-state index in [2.05, 4.69) is 20.4 Å². The molecule has 2 N–H and O–H groups in total. The highest BCUT2D eigenvalue weighted by Crippen LogP contribution is 2.18. The summed E-state index contributed by atoms with van der Waals surface area (Å²) in [6.45, 7) is 0. The molecule has 1 aliphatic carbocycles. The molecule has 0 unspecified atom stereocenters. The van der Waals surface area contributed by atoms with Crippen molar-refractivity contribution < 1.29 is 19.1 Å². The molecule has 1 aliphatic rings. The summed E-state index contributed by atoms with van der Waals surface area (Å²) in [5, 5.41) is 5.75. The van der Waals surface area contributed by atoms with Gasteiger partial charge in [0.2, 0.25) is 0 Å². The van der Waals surface area contributed by atoms with Crippen LogP contribution in [-0.2, 0) is 4.74 Å². The van der Waals surface area contributed by atoms with Gasteiger partial charge in [0.05, 0.1) is 23.8 Å². The van der Waals surface area contributed by atoms with Gasteiger partial charge in [0.1, 0.15) is 0 Å². The number of esters is 1. The highest BCUT2D eigenvalue weighted by atomic mass is 16.5. The van der Waals surface area contributed by atoms with Crippen molar-refractivity contribution in [3.63, 3.8) is 0 Å². The molecule has 1 fully saturated rings. The number of anilines is 1. The Balaban J connectivity index is 1.64. The molecule has 2 amide bonds. The van der Waals surface area contributed by atoms with Gasteiger partial charge < -0.3 is 15.4 Å². The van der Waals surface area contributed by atoms with E-state index in [9.17, 15) is 14.4 Å². The smallest absolute Gasteiger partial charge is 0.337 e. The third-order valence-electron chi connectivity index (χ3n) is 4.77. The summed E-state index contributed by atoms with van der Waals surface area (Å²) in [4.78, 5) is 40.4. The molecule has 1 saturated carbocycles. The van der Waals surface area contributed by atoms with Crippen molar-refractivity contribution in [3.8, 4) is 0 Å². The molecular weight excluding hydrogens is 358 g/mol. The van der Waals surface area contributed by atoms with Gasteiger partial charge >= 0.3 is 5.97 Å². The molecule has 146 valence electrons. The zero-order valence-corrected chi connectivity index (χ0v) is 15.7. The summed E-state index contributed by atoms with van der Waals surface area (Å²) in [6.07, 6.45) is 8.31. The monoisotopic (exact) mass is 381 g/mol. The third-order valence-corrected chi connectivity index (χ3v) is 4.77. The number of carbonyl (C=O) groups excluding carboxylic acids is 3. The molecule has 0 atom stereocenters. The number of benzene rings is 1. The van der Waals surface area contributed by atoms with Crippen LogP contribution in [-0.4, -0.2) is 35.9 Å². The largest absolute Gasteiger partial charge is 0.465 e. The van der Waals surface area contributed by atoms with E-state index in [0.717, 1.165) is 25.7 Å². The normalized spacial score (nSPS) is 14.2. The minimum atomic E-state index is -0.446. The van der Waals surface area contributed by atoms with E-state index in [1.807, 2.05) is 0 Å². The molecule has 0 saturated heterocycles. The summed E-state index contributed by atoms with van der Waals surface area (Å²) in [5.41, 5.74) is 1.56. The maximum Gasteiger partial charge on any atom is 0.337 e. The lowest BCUT2D eigenvalue weighted by Gasteiger charge is -2.22. The van der Waals surface area contributed by atoms with Gasteiger partial charge in [-0.05, 0) is 43.2 Å². The Kier molecular flexibility index (Phi) is 6.37. The number of hydrogen-bond acceptors (Lipinski definition) is 5. The van der Waals surface area contributed by atoms with Crippen LogP contribution in [0, 0.1) is 0 Å². The fourth-order valence-corrected chi connectivity index (χ4v) is 3.21. The van der Waals surface area contributed by atoms with Crippen LogP contribution in [0.3, 0.4) is 0 Å². The van der Waals surface area contributed by atoms with Gasteiger partial charge in [-0.3, -0.25) is 14.6 Å². The van der Waals surface area contributed by atoms with Crippen molar-refractivity contribution in [1.29, 1.82) is 0 Å². The maximum absolute atomic E-state index is 12.5. The van der Waals surface area contributed by atoms with Crippen LogP contribution in [0.2, 0.25) is 0 Å². The number of nitrogens with zero attached hydrogens (tertiary/aromatic N) is 1. The molecule has 0 radical (unpaired) electrons. The Morgan fingerprint density at radius 3 is 2.21 bits per heavy atom. The predicted molar refractivity (Wildman–Crippen MR) is 104 cm³/mol. The first-order valence-electron chi connectivity index (χ1n) is 9.32. The van der Waals surface area contributed by atoms with Gasteiger partial charge in [-0.15, -0.1) is 0 Å². The maximum atomic E-state index is 12.5. The minimum Gasteiger partial charge on any atom is -0.465 e. The van der Waals surface area contributed by atoms with E-state index in [-0.39, 0.29) is 23.4 Å². The molecule has 7 heteroatoms. The number of nitrogens with one attached hydrogen (secondary N) is 2.